The molecule has 3 heterocycles. The lowest BCUT2D eigenvalue weighted by molar-refractivity contribution is 1.38. The van der Waals surface area contributed by atoms with Crippen LogP contribution >= 0.6 is 11.3 Å². The van der Waals surface area contributed by atoms with Crippen LogP contribution in [0.4, 0.5) is 0 Å². The molecule has 0 unspecified atom stereocenters. The number of hydrogen-bond acceptors (Lipinski definition) is 3. The third-order valence-corrected chi connectivity index (χ3v) is 2.85. The normalized spacial score (nSPS) is 11.1. The summed E-state index contributed by atoms with van der Waals surface area (Å²) in [7, 11) is 0. The average Bonchev–Trinajstić information content (AvgIpc) is 2.61. The van der Waals surface area contributed by atoms with Crippen molar-refractivity contribution in [2.45, 2.75) is 0 Å². The summed E-state index contributed by atoms with van der Waals surface area (Å²) in [6.45, 7) is 0. The summed E-state index contributed by atoms with van der Waals surface area (Å²) in [6.07, 6.45) is 1.80. The van der Waals surface area contributed by atoms with Crippen LogP contribution in [0.25, 0.3) is 21.3 Å². The molecule has 3 rings (SSSR count). The van der Waals surface area contributed by atoms with Crippen molar-refractivity contribution in [3.8, 4) is 0 Å². The van der Waals surface area contributed by atoms with E-state index in [9.17, 15) is 0 Å². The van der Waals surface area contributed by atoms with Crippen LogP contribution in [0.5, 0.6) is 0 Å². The fourth-order valence-electron chi connectivity index (χ4n) is 1.38. The highest BCUT2D eigenvalue weighted by atomic mass is 32.1. The molecule has 62 valence electrons. The van der Waals surface area contributed by atoms with Gasteiger partial charge in [-0.15, -0.1) is 11.3 Å². The second-order valence-corrected chi connectivity index (χ2v) is 3.78. The van der Waals surface area contributed by atoms with E-state index in [0.717, 1.165) is 16.6 Å². The SMILES string of the molecule is c1cnc2cc3sccc3nc2c1. The van der Waals surface area contributed by atoms with E-state index in [0.29, 0.717) is 0 Å². The van der Waals surface area contributed by atoms with Gasteiger partial charge in [-0.1, -0.05) is 0 Å². The van der Waals surface area contributed by atoms with E-state index in [1.165, 1.54) is 4.70 Å². The van der Waals surface area contributed by atoms with Crippen molar-refractivity contribution in [3.05, 3.63) is 35.8 Å². The molecule has 0 amide bonds. The van der Waals surface area contributed by atoms with Crippen molar-refractivity contribution < 1.29 is 0 Å². The minimum absolute atomic E-state index is 0.966. The maximum absolute atomic E-state index is 4.49. The predicted molar refractivity (Wildman–Crippen MR) is 54.9 cm³/mol. The molecule has 3 aromatic heterocycles. The molecule has 0 N–H and O–H groups in total. The van der Waals surface area contributed by atoms with Crippen molar-refractivity contribution in [1.82, 2.24) is 9.97 Å². The van der Waals surface area contributed by atoms with E-state index >= 15 is 0 Å². The van der Waals surface area contributed by atoms with Gasteiger partial charge >= 0.3 is 0 Å². The van der Waals surface area contributed by atoms with E-state index in [-0.39, 0.29) is 0 Å². The van der Waals surface area contributed by atoms with Gasteiger partial charge in [0.25, 0.3) is 0 Å². The van der Waals surface area contributed by atoms with Crippen LogP contribution in [0, 0.1) is 0 Å². The molecule has 0 aliphatic rings. The first-order valence-electron chi connectivity index (χ1n) is 4.02. The Morgan fingerprint density at radius 2 is 2.08 bits per heavy atom. The van der Waals surface area contributed by atoms with E-state index in [4.69, 9.17) is 0 Å². The Hall–Kier alpha value is -1.48. The Balaban J connectivity index is 2.57. The molecule has 3 heteroatoms. The number of hydrogen-bond donors (Lipinski definition) is 0. The predicted octanol–water partition coefficient (Wildman–Crippen LogP) is 2.84. The van der Waals surface area contributed by atoms with Crippen molar-refractivity contribution in [1.29, 1.82) is 0 Å². The quantitative estimate of drug-likeness (QED) is 0.539. The van der Waals surface area contributed by atoms with Gasteiger partial charge in [-0.25, -0.2) is 4.98 Å². The number of pyridine rings is 2. The Labute approximate surface area is 78.9 Å². The zero-order valence-corrected chi connectivity index (χ0v) is 7.58. The first kappa shape index (κ1) is 6.97. The lowest BCUT2D eigenvalue weighted by Crippen LogP contribution is -1.80. The van der Waals surface area contributed by atoms with Gasteiger partial charge in [0, 0.05) is 6.20 Å². The Morgan fingerprint density at radius 1 is 1.08 bits per heavy atom. The van der Waals surface area contributed by atoms with Crippen LogP contribution in [-0.4, -0.2) is 9.97 Å². The summed E-state index contributed by atoms with van der Waals surface area (Å²) in [5.74, 6) is 0. The highest BCUT2D eigenvalue weighted by Crippen LogP contribution is 2.22. The molecule has 2 nitrogen and oxygen atoms in total. The third-order valence-electron chi connectivity index (χ3n) is 2.00. The minimum atomic E-state index is 0.966. The molecule has 0 aliphatic carbocycles. The monoisotopic (exact) mass is 186 g/mol. The molecule has 0 fully saturated rings. The van der Waals surface area contributed by atoms with Crippen LogP contribution in [0.1, 0.15) is 0 Å². The van der Waals surface area contributed by atoms with Crippen LogP contribution in [0.15, 0.2) is 35.8 Å². The highest BCUT2D eigenvalue weighted by molar-refractivity contribution is 7.17. The van der Waals surface area contributed by atoms with Crippen LogP contribution < -0.4 is 0 Å². The van der Waals surface area contributed by atoms with Gasteiger partial charge in [0.1, 0.15) is 0 Å². The number of aromatic nitrogens is 2. The first-order valence-corrected chi connectivity index (χ1v) is 4.90. The van der Waals surface area contributed by atoms with Crippen LogP contribution in [0.3, 0.4) is 0 Å². The summed E-state index contributed by atoms with van der Waals surface area (Å²) in [4.78, 5) is 8.74. The number of nitrogens with zero attached hydrogens (tertiary/aromatic N) is 2. The van der Waals surface area contributed by atoms with Gasteiger partial charge in [-0.2, -0.15) is 0 Å². The Kier molecular flexibility index (Phi) is 1.34. The lowest BCUT2D eigenvalue weighted by Gasteiger charge is -1.94. The van der Waals surface area contributed by atoms with Crippen LogP contribution in [0.2, 0.25) is 0 Å². The van der Waals surface area contributed by atoms with E-state index in [2.05, 4.69) is 21.4 Å². The van der Waals surface area contributed by atoms with Gasteiger partial charge in [0.05, 0.1) is 21.3 Å². The largest absolute Gasteiger partial charge is 0.255 e. The summed E-state index contributed by atoms with van der Waals surface area (Å²) in [6, 6.07) is 8.02. The molecular formula is C10H6N2S. The molecule has 0 aromatic carbocycles. The molecule has 3 aromatic rings. The Bertz CT molecular complexity index is 521. The maximum Gasteiger partial charge on any atom is 0.0901 e. The van der Waals surface area contributed by atoms with Crippen LogP contribution in [-0.2, 0) is 0 Å². The molecule has 0 spiro atoms. The van der Waals surface area contributed by atoms with Crippen molar-refractivity contribution in [3.63, 3.8) is 0 Å². The maximum atomic E-state index is 4.49. The summed E-state index contributed by atoms with van der Waals surface area (Å²) in [5, 5.41) is 2.05. The van der Waals surface area contributed by atoms with Crippen molar-refractivity contribution in [2.24, 2.45) is 0 Å². The standard InChI is InChI=1S/C10H6N2S/c1-2-7-9(11-4-1)6-10-8(12-7)3-5-13-10/h1-6H. The smallest absolute Gasteiger partial charge is 0.0901 e. The zero-order chi connectivity index (χ0) is 8.67. The summed E-state index contributed by atoms with van der Waals surface area (Å²) < 4.78 is 1.20. The molecule has 0 radical (unpaired) electrons. The second-order valence-electron chi connectivity index (χ2n) is 2.83. The minimum Gasteiger partial charge on any atom is -0.255 e. The summed E-state index contributed by atoms with van der Waals surface area (Å²) >= 11 is 1.70. The van der Waals surface area contributed by atoms with Gasteiger partial charge < -0.3 is 0 Å². The first-order chi connectivity index (χ1) is 6.43. The third kappa shape index (κ3) is 1.01. The fourth-order valence-corrected chi connectivity index (χ4v) is 2.14. The van der Waals surface area contributed by atoms with E-state index < -0.39 is 0 Å². The molecular weight excluding hydrogens is 180 g/mol. The molecule has 0 saturated carbocycles. The van der Waals surface area contributed by atoms with Gasteiger partial charge in [0.15, 0.2) is 0 Å². The van der Waals surface area contributed by atoms with Crippen molar-refractivity contribution in [2.75, 3.05) is 0 Å². The van der Waals surface area contributed by atoms with E-state index in [1.807, 2.05) is 18.2 Å². The number of thiophene rings is 1. The molecule has 13 heavy (non-hydrogen) atoms. The molecule has 0 aliphatic heterocycles. The average molecular weight is 186 g/mol. The Morgan fingerprint density at radius 3 is 3.08 bits per heavy atom. The number of fused-ring (bicyclic) bond motifs is 2. The molecule has 0 bridgehead atoms. The summed E-state index contributed by atoms with van der Waals surface area (Å²) in [5.41, 5.74) is 3.00. The van der Waals surface area contributed by atoms with Gasteiger partial charge in [0.2, 0.25) is 0 Å². The number of rotatable bonds is 0. The van der Waals surface area contributed by atoms with E-state index in [1.54, 1.807) is 17.5 Å². The topological polar surface area (TPSA) is 25.8 Å². The van der Waals surface area contributed by atoms with Gasteiger partial charge in [-0.3, -0.25) is 4.98 Å². The fraction of sp³-hybridized carbons (Fsp3) is 0. The zero-order valence-electron chi connectivity index (χ0n) is 6.77. The van der Waals surface area contributed by atoms with Crippen molar-refractivity contribution >= 4 is 32.6 Å². The highest BCUT2D eigenvalue weighted by Gasteiger charge is 1.99. The molecule has 0 atom stereocenters. The second kappa shape index (κ2) is 2.50. The lowest BCUT2D eigenvalue weighted by atomic mass is 10.3. The van der Waals surface area contributed by atoms with Gasteiger partial charge in [-0.05, 0) is 29.6 Å². The molecule has 0 saturated heterocycles.